The second kappa shape index (κ2) is 8.26. The largest absolute Gasteiger partial charge is 0.418 e. The number of nitrogens with zero attached hydrogens (tertiary/aromatic N) is 3. The maximum atomic E-state index is 13.7. The zero-order chi connectivity index (χ0) is 23.8. The average Bonchev–Trinajstić information content (AvgIpc) is 3.09. The number of imidazole rings is 1. The average molecular weight is 473 g/mol. The molecule has 0 bridgehead atoms. The van der Waals surface area contributed by atoms with Gasteiger partial charge in [0.05, 0.1) is 22.2 Å². The topological polar surface area (TPSA) is 136 Å². The predicted octanol–water partition coefficient (Wildman–Crippen LogP) is 1.45. The molecule has 0 aliphatic heterocycles. The zero-order valence-electron chi connectivity index (χ0n) is 16.9. The molecule has 32 heavy (non-hydrogen) atoms. The number of carbonyl (C=O) groups excluding carboxylic acids is 1. The number of Topliss-reactive ketones (excluding diaryl/α,β-unsaturated/α-hetero) is 1. The van der Waals surface area contributed by atoms with Crippen molar-refractivity contribution in [2.24, 2.45) is 0 Å². The monoisotopic (exact) mass is 473 g/mol. The van der Waals surface area contributed by atoms with Crippen LogP contribution in [-0.2, 0) is 21.0 Å². The van der Waals surface area contributed by atoms with E-state index in [0.29, 0.717) is 12.5 Å². The molecule has 0 spiro atoms. The molecule has 0 fully saturated rings. The minimum absolute atomic E-state index is 0.0161. The lowest BCUT2D eigenvalue weighted by molar-refractivity contribution is -0.137. The van der Waals surface area contributed by atoms with Gasteiger partial charge in [0.2, 0.25) is 0 Å². The van der Waals surface area contributed by atoms with Gasteiger partial charge in [-0.15, -0.1) is 0 Å². The summed E-state index contributed by atoms with van der Waals surface area (Å²) in [6, 6.07) is 1.48. The molecule has 3 aromatic rings. The molecule has 0 aliphatic rings. The van der Waals surface area contributed by atoms with Gasteiger partial charge in [0, 0.05) is 18.8 Å². The van der Waals surface area contributed by atoms with Crippen molar-refractivity contribution >= 4 is 26.7 Å². The number of rotatable bonds is 7. The van der Waals surface area contributed by atoms with E-state index in [4.69, 9.17) is 0 Å². The molecule has 0 aliphatic carbocycles. The number of nitrogens with one attached hydrogen (secondary N) is 2. The van der Waals surface area contributed by atoms with Crippen molar-refractivity contribution in [2.45, 2.75) is 32.9 Å². The van der Waals surface area contributed by atoms with E-state index in [2.05, 4.69) is 9.97 Å². The van der Waals surface area contributed by atoms with E-state index in [1.54, 1.807) is 11.8 Å². The Labute approximate surface area is 178 Å². The summed E-state index contributed by atoms with van der Waals surface area (Å²) in [5.41, 5.74) is -4.52. The third-order valence-electron chi connectivity index (χ3n) is 4.51. The maximum absolute atomic E-state index is 13.7. The van der Waals surface area contributed by atoms with Crippen LogP contribution in [0.2, 0.25) is 0 Å². The van der Waals surface area contributed by atoms with Crippen LogP contribution in [0.15, 0.2) is 34.1 Å². The summed E-state index contributed by atoms with van der Waals surface area (Å²) in [6.45, 7) is 3.13. The molecule has 2 N–H and O–H groups in total. The molecular formula is C18H18F3N5O5S. The number of fused-ring (bicyclic) bond motifs is 1. The van der Waals surface area contributed by atoms with Crippen LogP contribution in [0.3, 0.4) is 0 Å². The van der Waals surface area contributed by atoms with E-state index in [-0.39, 0.29) is 22.3 Å². The Morgan fingerprint density at radius 3 is 2.50 bits per heavy atom. The van der Waals surface area contributed by atoms with E-state index < -0.39 is 55.8 Å². The van der Waals surface area contributed by atoms with Gasteiger partial charge in [-0.1, -0.05) is 6.92 Å². The molecule has 172 valence electrons. The molecule has 0 radical (unpaired) electrons. The number of aromatic amines is 1. The van der Waals surface area contributed by atoms with Crippen LogP contribution in [0.1, 0.15) is 31.2 Å². The van der Waals surface area contributed by atoms with Crippen LogP contribution in [0.5, 0.6) is 0 Å². The summed E-state index contributed by atoms with van der Waals surface area (Å²) in [7, 11) is -4.41. The number of hydrogen-bond donors (Lipinski definition) is 2. The Hall–Kier alpha value is -3.42. The van der Waals surface area contributed by atoms with Crippen molar-refractivity contribution in [3.8, 4) is 5.69 Å². The van der Waals surface area contributed by atoms with Gasteiger partial charge in [-0.05, 0) is 25.5 Å². The van der Waals surface area contributed by atoms with Crippen molar-refractivity contribution in [2.75, 3.05) is 10.6 Å². The normalized spacial score (nSPS) is 12.3. The summed E-state index contributed by atoms with van der Waals surface area (Å²) in [6.07, 6.45) is -1.90. The van der Waals surface area contributed by atoms with E-state index in [1.165, 1.54) is 19.3 Å². The highest BCUT2D eigenvalue weighted by Gasteiger charge is 2.35. The van der Waals surface area contributed by atoms with Crippen LogP contribution in [0.25, 0.3) is 16.6 Å². The fourth-order valence-electron chi connectivity index (χ4n) is 3.13. The molecule has 2 heterocycles. The van der Waals surface area contributed by atoms with Crippen molar-refractivity contribution in [1.29, 1.82) is 0 Å². The fourth-order valence-corrected chi connectivity index (χ4v) is 4.21. The first kappa shape index (κ1) is 23.2. The van der Waals surface area contributed by atoms with Crippen LogP contribution in [0, 0.1) is 6.92 Å². The van der Waals surface area contributed by atoms with Gasteiger partial charge >= 0.3 is 11.9 Å². The van der Waals surface area contributed by atoms with Crippen LogP contribution in [0.4, 0.5) is 13.2 Å². The number of sulfonamides is 1. The molecule has 10 nitrogen and oxygen atoms in total. The highest BCUT2D eigenvalue weighted by molar-refractivity contribution is 7.93. The summed E-state index contributed by atoms with van der Waals surface area (Å²) >= 11 is 0. The minimum atomic E-state index is -4.83. The summed E-state index contributed by atoms with van der Waals surface area (Å²) in [4.78, 5) is 44.4. The SMILES string of the molecule is CCCC(=O)CS(=O)(=O)Nn1c(=O)[nH]c2cc(C(F)(F)F)c(-n3ccnc3C)cc2c1=O. The maximum Gasteiger partial charge on any atom is 0.418 e. The molecule has 3 rings (SSSR count). The first-order chi connectivity index (χ1) is 14.8. The summed E-state index contributed by atoms with van der Waals surface area (Å²) < 4.78 is 66.6. The minimum Gasteiger partial charge on any atom is -0.305 e. The van der Waals surface area contributed by atoms with Crippen LogP contribution < -0.4 is 16.1 Å². The molecular weight excluding hydrogens is 455 g/mol. The van der Waals surface area contributed by atoms with Gasteiger partial charge in [-0.2, -0.15) is 17.8 Å². The Kier molecular flexibility index (Phi) is 6.00. The fraction of sp³-hybridized carbons (Fsp3) is 0.333. The molecule has 0 unspecified atom stereocenters. The molecule has 0 saturated heterocycles. The van der Waals surface area contributed by atoms with E-state index in [9.17, 15) is 36.0 Å². The first-order valence-corrected chi connectivity index (χ1v) is 10.9. The van der Waals surface area contributed by atoms with E-state index in [1.807, 2.05) is 0 Å². The molecule has 14 heteroatoms. The van der Waals surface area contributed by atoms with Gasteiger partial charge in [0.15, 0.2) is 0 Å². The summed E-state index contributed by atoms with van der Waals surface area (Å²) in [5, 5.41) is -0.386. The molecule has 1 aromatic carbocycles. The second-order valence-corrected chi connectivity index (χ2v) is 8.67. The number of benzene rings is 1. The third-order valence-corrected chi connectivity index (χ3v) is 5.68. The van der Waals surface area contributed by atoms with Gasteiger partial charge in [0.1, 0.15) is 17.4 Å². The smallest absolute Gasteiger partial charge is 0.305 e. The van der Waals surface area contributed by atoms with Gasteiger partial charge in [0.25, 0.3) is 15.6 Å². The van der Waals surface area contributed by atoms with Gasteiger partial charge in [-0.25, -0.2) is 23.0 Å². The predicted molar refractivity (Wildman–Crippen MR) is 109 cm³/mol. The lowest BCUT2D eigenvalue weighted by atomic mass is 10.1. The zero-order valence-corrected chi connectivity index (χ0v) is 17.7. The van der Waals surface area contributed by atoms with E-state index >= 15 is 0 Å². The van der Waals surface area contributed by atoms with Crippen LogP contribution >= 0.6 is 0 Å². The quantitative estimate of drug-likeness (QED) is 0.533. The molecule has 0 amide bonds. The van der Waals surface area contributed by atoms with E-state index in [0.717, 1.165) is 10.6 Å². The Morgan fingerprint density at radius 2 is 1.94 bits per heavy atom. The number of halogens is 3. The standard InChI is InChI=1S/C18H18F3N5O5S/c1-3-4-11(27)9-32(30,31)24-26-16(28)12-7-15(25-6-5-22-10(25)2)13(18(19,20)21)8-14(12)23-17(26)29/h5-8,24H,3-4,9H2,1-2H3,(H,23,29). The Bertz CT molecular complexity index is 1420. The van der Waals surface area contributed by atoms with Gasteiger partial charge < -0.3 is 9.55 Å². The third kappa shape index (κ3) is 4.59. The summed E-state index contributed by atoms with van der Waals surface area (Å²) in [5.74, 6) is -1.38. The number of ketones is 1. The number of carbonyl (C=O) groups is 1. The van der Waals surface area contributed by atoms with Crippen molar-refractivity contribution in [3.63, 3.8) is 0 Å². The lowest BCUT2D eigenvalue weighted by Gasteiger charge is -2.16. The molecule has 0 saturated carbocycles. The second-order valence-electron chi connectivity index (χ2n) is 6.97. The van der Waals surface area contributed by atoms with Crippen molar-refractivity contribution in [1.82, 2.24) is 19.2 Å². The lowest BCUT2D eigenvalue weighted by Crippen LogP contribution is -2.45. The number of H-pyrrole nitrogens is 1. The number of hydrogen-bond acceptors (Lipinski definition) is 6. The van der Waals surface area contributed by atoms with Crippen LogP contribution in [-0.4, -0.2) is 39.2 Å². The Morgan fingerprint density at radius 1 is 1.25 bits per heavy atom. The number of alkyl halides is 3. The first-order valence-electron chi connectivity index (χ1n) is 9.27. The van der Waals surface area contributed by atoms with Crippen molar-refractivity contribution in [3.05, 3.63) is 56.8 Å². The highest BCUT2D eigenvalue weighted by atomic mass is 32.2. The number of aromatic nitrogens is 4. The Balaban J connectivity index is 2.21. The van der Waals surface area contributed by atoms with Crippen molar-refractivity contribution < 1.29 is 26.4 Å². The number of aryl methyl sites for hydroxylation is 1. The van der Waals surface area contributed by atoms with Gasteiger partial charge in [-0.3, -0.25) is 9.59 Å². The molecule has 0 atom stereocenters. The molecule has 2 aromatic heterocycles. The highest BCUT2D eigenvalue weighted by Crippen LogP contribution is 2.35.